The van der Waals surface area contributed by atoms with Crippen LogP contribution in [0.4, 0.5) is 4.39 Å². The molecule has 1 aliphatic rings. The molecule has 18 heavy (non-hydrogen) atoms. The Morgan fingerprint density at radius 2 is 2.06 bits per heavy atom. The minimum atomic E-state index is -0.124. The van der Waals surface area contributed by atoms with Crippen molar-refractivity contribution in [3.05, 3.63) is 35.6 Å². The third kappa shape index (κ3) is 2.73. The number of likely N-dealkylation sites (tertiary alicyclic amines) is 1. The molecule has 1 aliphatic heterocycles. The first-order valence-corrected chi connectivity index (χ1v) is 6.83. The molecule has 0 radical (unpaired) electrons. The third-order valence-corrected chi connectivity index (χ3v) is 4.21. The van der Waals surface area contributed by atoms with Gasteiger partial charge >= 0.3 is 0 Å². The van der Waals surface area contributed by atoms with Gasteiger partial charge in [0.1, 0.15) is 5.82 Å². The highest BCUT2D eigenvalue weighted by atomic mass is 19.1. The van der Waals surface area contributed by atoms with Crippen LogP contribution in [0, 0.1) is 5.82 Å². The molecule has 0 aliphatic carbocycles. The van der Waals surface area contributed by atoms with Gasteiger partial charge < -0.3 is 10.2 Å². The first-order chi connectivity index (χ1) is 8.70. The van der Waals surface area contributed by atoms with Crippen LogP contribution in [0.15, 0.2) is 24.3 Å². The number of likely N-dealkylation sites (N-methyl/N-ethyl adjacent to an activating group) is 1. The van der Waals surface area contributed by atoms with E-state index in [0.29, 0.717) is 0 Å². The number of rotatable bonds is 4. The van der Waals surface area contributed by atoms with Gasteiger partial charge in [-0.15, -0.1) is 0 Å². The van der Waals surface area contributed by atoms with Gasteiger partial charge in [-0.25, -0.2) is 4.39 Å². The lowest BCUT2D eigenvalue weighted by molar-refractivity contribution is 0.163. The quantitative estimate of drug-likeness (QED) is 0.882. The fraction of sp³-hybridized carbons (Fsp3) is 0.600. The van der Waals surface area contributed by atoms with E-state index in [-0.39, 0.29) is 11.2 Å². The molecule has 3 heteroatoms. The summed E-state index contributed by atoms with van der Waals surface area (Å²) >= 11 is 0. The van der Waals surface area contributed by atoms with Crippen molar-refractivity contribution in [1.82, 2.24) is 10.2 Å². The van der Waals surface area contributed by atoms with E-state index < -0.39 is 0 Å². The molecular weight excluding hydrogens is 227 g/mol. The van der Waals surface area contributed by atoms with Gasteiger partial charge in [0.05, 0.1) is 0 Å². The van der Waals surface area contributed by atoms with Crippen LogP contribution in [0.1, 0.15) is 25.3 Å². The van der Waals surface area contributed by atoms with E-state index in [0.717, 1.165) is 44.6 Å². The molecule has 2 rings (SSSR count). The van der Waals surface area contributed by atoms with E-state index in [9.17, 15) is 4.39 Å². The van der Waals surface area contributed by atoms with Crippen molar-refractivity contribution in [3.8, 4) is 0 Å². The van der Waals surface area contributed by atoms with Gasteiger partial charge in [-0.2, -0.15) is 0 Å². The van der Waals surface area contributed by atoms with Gasteiger partial charge in [0.15, 0.2) is 0 Å². The lowest BCUT2D eigenvalue weighted by Gasteiger charge is -2.42. The average molecular weight is 250 g/mol. The Balaban J connectivity index is 2.22. The van der Waals surface area contributed by atoms with Crippen LogP contribution < -0.4 is 5.32 Å². The second-order valence-corrected chi connectivity index (χ2v) is 5.26. The summed E-state index contributed by atoms with van der Waals surface area (Å²) in [4.78, 5) is 2.47. The van der Waals surface area contributed by atoms with E-state index in [1.165, 1.54) is 6.07 Å². The van der Waals surface area contributed by atoms with Crippen molar-refractivity contribution in [2.24, 2.45) is 0 Å². The summed E-state index contributed by atoms with van der Waals surface area (Å²) in [5, 5.41) is 3.29. The Kier molecular flexibility index (Phi) is 4.36. The van der Waals surface area contributed by atoms with Crippen LogP contribution in [0.25, 0.3) is 0 Å². The highest BCUT2D eigenvalue weighted by Crippen LogP contribution is 2.35. The first kappa shape index (κ1) is 13.5. The molecule has 100 valence electrons. The van der Waals surface area contributed by atoms with Crippen molar-refractivity contribution in [1.29, 1.82) is 0 Å². The Hall–Kier alpha value is -0.930. The average Bonchev–Trinajstić information content (AvgIpc) is 2.40. The number of nitrogens with one attached hydrogen (secondary N) is 1. The van der Waals surface area contributed by atoms with E-state index >= 15 is 0 Å². The highest BCUT2D eigenvalue weighted by molar-refractivity contribution is 5.27. The zero-order valence-corrected chi connectivity index (χ0v) is 11.4. The minimum absolute atomic E-state index is 0.0997. The summed E-state index contributed by atoms with van der Waals surface area (Å²) in [6, 6.07) is 7.13. The maximum atomic E-state index is 13.4. The SMILES string of the molecule is CCN1CCC(CNC)(c2cccc(F)c2)CC1. The summed E-state index contributed by atoms with van der Waals surface area (Å²) in [7, 11) is 1.98. The standard InChI is InChI=1S/C15H23FN2/c1-3-18-9-7-15(8-10-18,12-17-2)13-5-4-6-14(16)11-13/h4-6,11,17H,3,7-10,12H2,1-2H3. The van der Waals surface area contributed by atoms with Gasteiger partial charge in [-0.1, -0.05) is 19.1 Å². The van der Waals surface area contributed by atoms with Crippen molar-refractivity contribution in [2.45, 2.75) is 25.2 Å². The predicted octanol–water partition coefficient (Wildman–Crippen LogP) is 2.40. The van der Waals surface area contributed by atoms with Gasteiger partial charge in [0.25, 0.3) is 0 Å². The van der Waals surface area contributed by atoms with Gasteiger partial charge in [-0.05, 0) is 57.2 Å². The normalized spacial score (nSPS) is 19.9. The van der Waals surface area contributed by atoms with E-state index in [4.69, 9.17) is 0 Å². The van der Waals surface area contributed by atoms with Crippen LogP contribution in [0.5, 0.6) is 0 Å². The van der Waals surface area contributed by atoms with Crippen molar-refractivity contribution in [3.63, 3.8) is 0 Å². The van der Waals surface area contributed by atoms with Crippen LogP contribution in [0.3, 0.4) is 0 Å². The molecule has 0 saturated carbocycles. The second kappa shape index (κ2) is 5.81. The van der Waals surface area contributed by atoms with E-state index in [1.54, 1.807) is 6.07 Å². The second-order valence-electron chi connectivity index (χ2n) is 5.26. The summed E-state index contributed by atoms with van der Waals surface area (Å²) in [6.07, 6.45) is 2.20. The molecule has 1 fully saturated rings. The van der Waals surface area contributed by atoms with Crippen molar-refractivity contribution >= 4 is 0 Å². The van der Waals surface area contributed by atoms with Crippen LogP contribution in [-0.4, -0.2) is 38.1 Å². The van der Waals surface area contributed by atoms with Crippen LogP contribution in [0.2, 0.25) is 0 Å². The molecule has 0 unspecified atom stereocenters. The molecule has 1 heterocycles. The summed E-state index contributed by atoms with van der Waals surface area (Å²) < 4.78 is 13.4. The molecule has 1 aromatic rings. The topological polar surface area (TPSA) is 15.3 Å². The van der Waals surface area contributed by atoms with Crippen molar-refractivity contribution < 1.29 is 4.39 Å². The summed E-state index contributed by atoms with van der Waals surface area (Å²) in [6.45, 7) is 6.45. The number of benzene rings is 1. The van der Waals surface area contributed by atoms with E-state index in [1.807, 2.05) is 13.1 Å². The number of hydrogen-bond acceptors (Lipinski definition) is 2. The minimum Gasteiger partial charge on any atom is -0.319 e. The molecule has 0 aromatic heterocycles. The molecule has 0 bridgehead atoms. The largest absolute Gasteiger partial charge is 0.319 e. The zero-order chi connectivity index (χ0) is 13.0. The van der Waals surface area contributed by atoms with Crippen molar-refractivity contribution in [2.75, 3.05) is 33.2 Å². The molecule has 0 spiro atoms. The smallest absolute Gasteiger partial charge is 0.123 e. The zero-order valence-electron chi connectivity index (χ0n) is 11.4. The number of piperidine rings is 1. The molecule has 0 atom stereocenters. The molecular formula is C15H23FN2. The molecule has 1 aromatic carbocycles. The van der Waals surface area contributed by atoms with Gasteiger partial charge in [0.2, 0.25) is 0 Å². The maximum absolute atomic E-state index is 13.4. The molecule has 1 saturated heterocycles. The first-order valence-electron chi connectivity index (χ1n) is 6.83. The third-order valence-electron chi connectivity index (χ3n) is 4.21. The molecule has 0 amide bonds. The van der Waals surface area contributed by atoms with Gasteiger partial charge in [-0.3, -0.25) is 0 Å². The van der Waals surface area contributed by atoms with E-state index in [2.05, 4.69) is 23.2 Å². The Morgan fingerprint density at radius 1 is 1.33 bits per heavy atom. The number of halogens is 1. The fourth-order valence-electron chi connectivity index (χ4n) is 3.02. The monoisotopic (exact) mass is 250 g/mol. The van der Waals surface area contributed by atoms with Crippen LogP contribution in [-0.2, 0) is 5.41 Å². The molecule has 1 N–H and O–H groups in total. The van der Waals surface area contributed by atoms with Gasteiger partial charge in [0, 0.05) is 12.0 Å². The summed E-state index contributed by atoms with van der Waals surface area (Å²) in [5.41, 5.74) is 1.25. The Bertz CT molecular complexity index is 384. The number of hydrogen-bond donors (Lipinski definition) is 1. The maximum Gasteiger partial charge on any atom is 0.123 e. The highest BCUT2D eigenvalue weighted by Gasteiger charge is 2.35. The lowest BCUT2D eigenvalue weighted by Crippen LogP contribution is -2.47. The lowest BCUT2D eigenvalue weighted by atomic mass is 9.72. The summed E-state index contributed by atoms with van der Waals surface area (Å²) in [5.74, 6) is -0.124. The number of nitrogens with zero attached hydrogens (tertiary/aromatic N) is 1. The Labute approximate surface area is 109 Å². The predicted molar refractivity (Wildman–Crippen MR) is 73.4 cm³/mol. The molecule has 2 nitrogen and oxygen atoms in total. The van der Waals surface area contributed by atoms with Crippen LogP contribution >= 0.6 is 0 Å². The Morgan fingerprint density at radius 3 is 2.61 bits per heavy atom. The fourth-order valence-corrected chi connectivity index (χ4v) is 3.02.